The van der Waals surface area contributed by atoms with Crippen LogP contribution in [-0.2, 0) is 28.2 Å². The van der Waals surface area contributed by atoms with Crippen molar-refractivity contribution in [3.05, 3.63) is 69.6 Å². The van der Waals surface area contributed by atoms with E-state index in [1.165, 1.54) is 22.9 Å². The number of carbonyl (C=O) groups excluding carboxylic acids is 1. The van der Waals surface area contributed by atoms with Gasteiger partial charge in [-0.1, -0.05) is 30.3 Å². The number of aryl methyl sites for hydroxylation is 1. The Morgan fingerprint density at radius 3 is 2.77 bits per heavy atom. The summed E-state index contributed by atoms with van der Waals surface area (Å²) in [5, 5.41) is 10.5. The van der Waals surface area contributed by atoms with Gasteiger partial charge in [-0.3, -0.25) is 4.79 Å². The Kier molecular flexibility index (Phi) is 4.08. The van der Waals surface area contributed by atoms with E-state index >= 15 is 0 Å². The summed E-state index contributed by atoms with van der Waals surface area (Å²) in [7, 11) is 0. The van der Waals surface area contributed by atoms with E-state index in [9.17, 15) is 9.90 Å². The molecule has 0 atom stereocenters. The molecule has 2 aromatic rings. The highest BCUT2D eigenvalue weighted by atomic mass is 32.2. The van der Waals surface area contributed by atoms with Crippen LogP contribution in [0.3, 0.4) is 0 Å². The van der Waals surface area contributed by atoms with Gasteiger partial charge in [-0.15, -0.1) is 0 Å². The van der Waals surface area contributed by atoms with Crippen molar-refractivity contribution in [3.8, 4) is 5.75 Å². The number of benzene rings is 2. The molecule has 0 radical (unpaired) electrons. The second-order valence-electron chi connectivity index (χ2n) is 8.38. The van der Waals surface area contributed by atoms with E-state index in [4.69, 9.17) is 4.74 Å². The minimum Gasteiger partial charge on any atom is -0.508 e. The molecule has 0 bridgehead atoms. The predicted octanol–water partition coefficient (Wildman–Crippen LogP) is 4.20. The van der Waals surface area contributed by atoms with E-state index in [0.29, 0.717) is 6.61 Å². The number of allylic oxidation sites excluding steroid dienone is 1. The summed E-state index contributed by atoms with van der Waals surface area (Å²) in [4.78, 5) is 20.1. The first kappa shape index (κ1) is 18.2. The minimum absolute atomic E-state index is 0.131. The Hall–Kier alpha value is -2.57. The normalized spacial score (nSPS) is 24.3. The summed E-state index contributed by atoms with van der Waals surface area (Å²) in [6.45, 7) is 2.36. The Balaban J connectivity index is 1.21. The number of rotatable bonds is 0. The van der Waals surface area contributed by atoms with Crippen LogP contribution < -0.4 is 0 Å². The van der Waals surface area contributed by atoms with Crippen LogP contribution in [0.2, 0.25) is 0 Å². The smallest absolute Gasteiger partial charge is 0.286 e. The van der Waals surface area contributed by atoms with E-state index in [1.807, 2.05) is 6.07 Å². The third kappa shape index (κ3) is 2.74. The highest BCUT2D eigenvalue weighted by Gasteiger charge is 2.44. The number of nitrogens with zero attached hydrogens (tertiary/aromatic N) is 2. The van der Waals surface area contributed by atoms with Gasteiger partial charge in [0.1, 0.15) is 5.75 Å². The molecule has 1 amide bonds. The number of hydrogen-bond donors (Lipinski definition) is 1. The highest BCUT2D eigenvalue weighted by molar-refractivity contribution is 8.18. The second-order valence-corrected chi connectivity index (χ2v) is 9.36. The van der Waals surface area contributed by atoms with E-state index in [2.05, 4.69) is 34.2 Å². The Morgan fingerprint density at radius 1 is 1.07 bits per heavy atom. The molecule has 1 saturated heterocycles. The van der Waals surface area contributed by atoms with E-state index in [1.54, 1.807) is 12.1 Å². The van der Waals surface area contributed by atoms with Gasteiger partial charge in [-0.05, 0) is 77.4 Å². The number of carbonyl (C=O) groups is 1. The van der Waals surface area contributed by atoms with Crippen LogP contribution in [0, 0.1) is 0 Å². The number of fused-ring (bicyclic) bond motifs is 3. The zero-order valence-electron chi connectivity index (χ0n) is 16.6. The first-order valence-electron chi connectivity index (χ1n) is 10.5. The maximum atomic E-state index is 12.7. The van der Waals surface area contributed by atoms with Gasteiger partial charge < -0.3 is 14.7 Å². The molecule has 1 spiro atoms. The molecule has 3 heterocycles. The van der Waals surface area contributed by atoms with Crippen LogP contribution in [0.5, 0.6) is 5.75 Å². The Bertz CT molecular complexity index is 1130. The number of amides is 1. The zero-order valence-corrected chi connectivity index (χ0v) is 17.4. The summed E-state index contributed by atoms with van der Waals surface area (Å²) in [6.07, 6.45) is 3.50. The van der Waals surface area contributed by atoms with Crippen LogP contribution in [-0.4, -0.2) is 34.2 Å². The summed E-state index contributed by atoms with van der Waals surface area (Å²) in [5.74, 6) is 0.147. The predicted molar refractivity (Wildman–Crippen MR) is 117 cm³/mol. The summed E-state index contributed by atoms with van der Waals surface area (Å²) >= 11 is 1.51. The maximum Gasteiger partial charge on any atom is 0.286 e. The van der Waals surface area contributed by atoms with E-state index in [0.717, 1.165) is 65.5 Å². The van der Waals surface area contributed by atoms with Gasteiger partial charge in [0.25, 0.3) is 5.91 Å². The molecule has 30 heavy (non-hydrogen) atoms. The van der Waals surface area contributed by atoms with Gasteiger partial charge >= 0.3 is 0 Å². The lowest BCUT2D eigenvalue weighted by Crippen LogP contribution is -2.44. The molecule has 2 aromatic carbocycles. The molecule has 6 heteroatoms. The average Bonchev–Trinajstić information content (AvgIpc) is 3.45. The summed E-state index contributed by atoms with van der Waals surface area (Å²) < 4.78 is 6.27. The lowest BCUT2D eigenvalue weighted by molar-refractivity contribution is -0.113. The monoisotopic (exact) mass is 418 g/mol. The zero-order chi connectivity index (χ0) is 20.3. The van der Waals surface area contributed by atoms with Gasteiger partial charge in [0.15, 0.2) is 5.17 Å². The fourth-order valence-electron chi connectivity index (χ4n) is 5.19. The molecule has 0 aromatic heterocycles. The fourth-order valence-corrected chi connectivity index (χ4v) is 6.28. The summed E-state index contributed by atoms with van der Waals surface area (Å²) in [5.41, 5.74) is 5.70. The molecular formula is C24H22N2O3S. The van der Waals surface area contributed by atoms with Crippen molar-refractivity contribution >= 4 is 28.4 Å². The minimum atomic E-state index is -0.186. The molecule has 1 N–H and O–H groups in total. The molecule has 4 aliphatic rings. The van der Waals surface area contributed by atoms with Crippen LogP contribution in [0.4, 0.5) is 0 Å². The molecule has 0 unspecified atom stereocenters. The fraction of sp³-hybridized carbons (Fsp3) is 0.333. The van der Waals surface area contributed by atoms with E-state index < -0.39 is 0 Å². The first-order chi connectivity index (χ1) is 14.6. The van der Waals surface area contributed by atoms with Crippen LogP contribution in [0.15, 0.2) is 52.4 Å². The van der Waals surface area contributed by atoms with Gasteiger partial charge in [-0.2, -0.15) is 4.99 Å². The molecule has 1 fully saturated rings. The van der Waals surface area contributed by atoms with Crippen molar-refractivity contribution in [1.29, 1.82) is 0 Å². The van der Waals surface area contributed by atoms with Crippen LogP contribution in [0.25, 0.3) is 5.57 Å². The largest absolute Gasteiger partial charge is 0.508 e. The Morgan fingerprint density at radius 2 is 1.90 bits per heavy atom. The van der Waals surface area contributed by atoms with Crippen molar-refractivity contribution in [3.63, 3.8) is 0 Å². The van der Waals surface area contributed by atoms with Crippen molar-refractivity contribution < 1.29 is 14.6 Å². The number of hydrogen-bond acceptors (Lipinski definition) is 5. The SMILES string of the molecule is O=C1N=C(N2CCC3(CC2)OCc2ccccc23)SC1=C1CCc2cc(O)ccc21. The molecule has 1 aliphatic carbocycles. The number of amidine groups is 1. The standard InChI is InChI=1S/C24H22N2O3S/c27-17-6-8-18-15(13-17)5-7-19(18)21-22(28)25-23(30-21)26-11-9-24(10-12-26)20-4-2-1-3-16(20)14-29-24/h1-4,6,8,13,27H,5,7,9-12,14H2. The Labute approximate surface area is 179 Å². The lowest BCUT2D eigenvalue weighted by atomic mass is 9.84. The van der Waals surface area contributed by atoms with Crippen molar-refractivity contribution in [2.45, 2.75) is 37.9 Å². The van der Waals surface area contributed by atoms with Crippen LogP contribution >= 0.6 is 11.8 Å². The molecular weight excluding hydrogens is 396 g/mol. The molecule has 0 saturated carbocycles. The van der Waals surface area contributed by atoms with Gasteiger partial charge in [-0.25, -0.2) is 0 Å². The second kappa shape index (κ2) is 6.72. The number of piperidine rings is 1. The van der Waals surface area contributed by atoms with Gasteiger partial charge in [0.05, 0.1) is 17.1 Å². The van der Waals surface area contributed by atoms with Gasteiger partial charge in [0.2, 0.25) is 0 Å². The number of phenols is 1. The highest BCUT2D eigenvalue weighted by Crippen LogP contribution is 2.46. The number of ether oxygens (including phenoxy) is 1. The number of aliphatic imine (C=N–C) groups is 1. The van der Waals surface area contributed by atoms with Crippen molar-refractivity contribution in [2.24, 2.45) is 4.99 Å². The molecule has 6 rings (SSSR count). The third-order valence-electron chi connectivity index (χ3n) is 6.77. The van der Waals surface area contributed by atoms with E-state index in [-0.39, 0.29) is 17.3 Å². The topological polar surface area (TPSA) is 62.1 Å². The van der Waals surface area contributed by atoms with Crippen molar-refractivity contribution in [1.82, 2.24) is 4.90 Å². The maximum absolute atomic E-state index is 12.7. The first-order valence-corrected chi connectivity index (χ1v) is 11.3. The summed E-state index contributed by atoms with van der Waals surface area (Å²) in [6, 6.07) is 13.9. The number of likely N-dealkylation sites (tertiary alicyclic amines) is 1. The quantitative estimate of drug-likeness (QED) is 0.650. The molecule has 5 nitrogen and oxygen atoms in total. The number of aromatic hydroxyl groups is 1. The van der Waals surface area contributed by atoms with Gasteiger partial charge in [0, 0.05) is 13.1 Å². The number of phenolic OH excluding ortho intramolecular Hbond substituents is 1. The molecule has 152 valence electrons. The van der Waals surface area contributed by atoms with Crippen molar-refractivity contribution in [2.75, 3.05) is 13.1 Å². The van der Waals surface area contributed by atoms with Crippen LogP contribution in [0.1, 0.15) is 41.5 Å². The number of thioether (sulfide) groups is 1. The third-order valence-corrected chi connectivity index (χ3v) is 7.93. The molecule has 3 aliphatic heterocycles. The lowest BCUT2D eigenvalue weighted by Gasteiger charge is -2.39. The average molecular weight is 419 g/mol.